The highest BCUT2D eigenvalue weighted by molar-refractivity contribution is 7.99. The highest BCUT2D eigenvalue weighted by Gasteiger charge is 2.11. The maximum absolute atomic E-state index is 12.0. The average Bonchev–Trinajstić information content (AvgIpc) is 2.69. The number of hydrogen-bond donors (Lipinski definition) is 2. The van der Waals surface area contributed by atoms with Gasteiger partial charge in [0.15, 0.2) is 0 Å². The quantitative estimate of drug-likeness (QED) is 0.613. The molecule has 7 heteroatoms. The van der Waals surface area contributed by atoms with Crippen LogP contribution in [0.5, 0.6) is 0 Å². The topological polar surface area (TPSA) is 84.0 Å². The third-order valence-electron chi connectivity index (χ3n) is 3.96. The van der Waals surface area contributed by atoms with E-state index >= 15 is 0 Å². The molecular formula is C20H26N4O2S. The number of carbonyl (C=O) groups is 2. The number of rotatable bonds is 10. The van der Waals surface area contributed by atoms with Gasteiger partial charge < -0.3 is 10.6 Å². The van der Waals surface area contributed by atoms with Gasteiger partial charge in [-0.2, -0.15) is 11.8 Å². The van der Waals surface area contributed by atoms with E-state index in [4.69, 9.17) is 0 Å². The molecule has 27 heavy (non-hydrogen) atoms. The Morgan fingerprint density at radius 1 is 0.852 bits per heavy atom. The number of hydrogen-bond acceptors (Lipinski definition) is 5. The van der Waals surface area contributed by atoms with E-state index < -0.39 is 0 Å². The largest absolute Gasteiger partial charge is 0.348 e. The molecule has 0 aliphatic heterocycles. The Morgan fingerprint density at radius 3 is 1.67 bits per heavy atom. The van der Waals surface area contributed by atoms with Crippen molar-refractivity contribution < 1.29 is 9.59 Å². The van der Waals surface area contributed by atoms with Crippen LogP contribution in [-0.2, 0) is 9.59 Å². The first-order valence-electron chi connectivity index (χ1n) is 9.04. The lowest BCUT2D eigenvalue weighted by molar-refractivity contribution is -0.122. The summed E-state index contributed by atoms with van der Waals surface area (Å²) in [7, 11) is 0. The molecule has 2 heterocycles. The van der Waals surface area contributed by atoms with E-state index in [9.17, 15) is 9.59 Å². The first-order valence-corrected chi connectivity index (χ1v) is 10.2. The molecule has 2 atom stereocenters. The molecule has 0 saturated carbocycles. The minimum Gasteiger partial charge on any atom is -0.348 e. The second-order valence-electron chi connectivity index (χ2n) is 6.20. The summed E-state index contributed by atoms with van der Waals surface area (Å²) in [6, 6.07) is 11.1. The van der Waals surface area contributed by atoms with Gasteiger partial charge in [-0.3, -0.25) is 19.6 Å². The van der Waals surface area contributed by atoms with Gasteiger partial charge in [0.25, 0.3) is 0 Å². The van der Waals surface area contributed by atoms with Crippen LogP contribution in [0.25, 0.3) is 0 Å². The first-order chi connectivity index (χ1) is 13.1. The van der Waals surface area contributed by atoms with E-state index in [0.29, 0.717) is 24.3 Å². The predicted octanol–water partition coefficient (Wildman–Crippen LogP) is 3.04. The molecule has 0 aliphatic carbocycles. The summed E-state index contributed by atoms with van der Waals surface area (Å²) >= 11 is 1.60. The number of pyridine rings is 2. The van der Waals surface area contributed by atoms with Crippen LogP contribution >= 0.6 is 11.8 Å². The molecule has 2 N–H and O–H groups in total. The number of aromatic nitrogens is 2. The van der Waals surface area contributed by atoms with E-state index in [1.165, 1.54) is 0 Å². The van der Waals surface area contributed by atoms with E-state index in [2.05, 4.69) is 20.6 Å². The number of nitrogens with zero attached hydrogens (tertiary/aromatic N) is 2. The van der Waals surface area contributed by atoms with Crippen molar-refractivity contribution in [1.29, 1.82) is 0 Å². The summed E-state index contributed by atoms with van der Waals surface area (Å²) in [4.78, 5) is 32.5. The highest BCUT2D eigenvalue weighted by Crippen LogP contribution is 2.11. The summed E-state index contributed by atoms with van der Waals surface area (Å²) in [6.45, 7) is 3.83. The lowest BCUT2D eigenvalue weighted by atomic mass is 10.2. The molecule has 2 unspecified atom stereocenters. The Kier molecular flexibility index (Phi) is 8.77. The molecule has 0 fully saturated rings. The van der Waals surface area contributed by atoms with E-state index in [1.54, 1.807) is 24.2 Å². The maximum atomic E-state index is 12.0. The standard InChI is InChI=1S/C20H26N4O2S/c1-15(17-7-3-5-11-21-17)23-19(25)9-13-27-14-10-20(26)24-16(2)18-8-4-6-12-22-18/h3-8,11-12,15-16H,9-10,13-14H2,1-2H3,(H,23,25)(H,24,26). The molecule has 0 aliphatic rings. The van der Waals surface area contributed by atoms with Crippen LogP contribution < -0.4 is 10.6 Å². The average molecular weight is 387 g/mol. The maximum Gasteiger partial charge on any atom is 0.221 e. The van der Waals surface area contributed by atoms with Gasteiger partial charge in [0.1, 0.15) is 0 Å². The molecule has 0 bridgehead atoms. The van der Waals surface area contributed by atoms with Crippen molar-refractivity contribution in [2.45, 2.75) is 38.8 Å². The Hall–Kier alpha value is -2.41. The van der Waals surface area contributed by atoms with Gasteiger partial charge in [0.2, 0.25) is 11.8 Å². The molecule has 2 rings (SSSR count). The molecule has 0 spiro atoms. The summed E-state index contributed by atoms with van der Waals surface area (Å²) in [6.07, 6.45) is 4.28. The third-order valence-corrected chi connectivity index (χ3v) is 4.95. The summed E-state index contributed by atoms with van der Waals surface area (Å²) in [5, 5.41) is 5.88. The van der Waals surface area contributed by atoms with Gasteiger partial charge in [-0.05, 0) is 38.1 Å². The van der Waals surface area contributed by atoms with Crippen LogP contribution in [0, 0.1) is 0 Å². The summed E-state index contributed by atoms with van der Waals surface area (Å²) in [5.41, 5.74) is 1.69. The molecule has 2 aromatic heterocycles. The molecule has 0 aromatic carbocycles. The molecule has 2 aromatic rings. The second-order valence-corrected chi connectivity index (χ2v) is 7.42. The SMILES string of the molecule is CC(NC(=O)CCSCCC(=O)NC(C)c1ccccn1)c1ccccn1. The Balaban J connectivity index is 1.57. The van der Waals surface area contributed by atoms with Crippen molar-refractivity contribution >= 4 is 23.6 Å². The minimum absolute atomic E-state index is 0.00567. The smallest absolute Gasteiger partial charge is 0.221 e. The number of nitrogens with one attached hydrogen (secondary N) is 2. The predicted molar refractivity (Wildman–Crippen MR) is 108 cm³/mol. The van der Waals surface area contributed by atoms with Gasteiger partial charge in [-0.1, -0.05) is 12.1 Å². The van der Waals surface area contributed by atoms with Crippen LogP contribution in [0.1, 0.15) is 50.2 Å². The molecule has 2 amide bonds. The van der Waals surface area contributed by atoms with E-state index in [1.807, 2.05) is 50.2 Å². The Bertz CT molecular complexity index is 651. The first kappa shape index (κ1) is 20.9. The van der Waals surface area contributed by atoms with Crippen molar-refractivity contribution in [3.8, 4) is 0 Å². The second kappa shape index (κ2) is 11.3. The van der Waals surface area contributed by atoms with Crippen LogP contribution in [-0.4, -0.2) is 33.3 Å². The monoisotopic (exact) mass is 386 g/mol. The van der Waals surface area contributed by atoms with Gasteiger partial charge in [-0.15, -0.1) is 0 Å². The molecule has 6 nitrogen and oxygen atoms in total. The molecular weight excluding hydrogens is 360 g/mol. The minimum atomic E-state index is -0.109. The van der Waals surface area contributed by atoms with Crippen molar-refractivity contribution in [3.63, 3.8) is 0 Å². The van der Waals surface area contributed by atoms with Gasteiger partial charge in [-0.25, -0.2) is 0 Å². The third kappa shape index (κ3) is 7.78. The van der Waals surface area contributed by atoms with Gasteiger partial charge in [0, 0.05) is 36.7 Å². The van der Waals surface area contributed by atoms with Crippen molar-refractivity contribution in [2.24, 2.45) is 0 Å². The fourth-order valence-electron chi connectivity index (χ4n) is 2.47. The van der Waals surface area contributed by atoms with Crippen molar-refractivity contribution in [3.05, 3.63) is 60.2 Å². The van der Waals surface area contributed by atoms with Crippen LogP contribution in [0.2, 0.25) is 0 Å². The number of carbonyl (C=O) groups excluding carboxylic acids is 2. The number of amides is 2. The fourth-order valence-corrected chi connectivity index (χ4v) is 3.33. The zero-order valence-corrected chi connectivity index (χ0v) is 16.5. The van der Waals surface area contributed by atoms with Gasteiger partial charge >= 0.3 is 0 Å². The number of thioether (sulfide) groups is 1. The highest BCUT2D eigenvalue weighted by atomic mass is 32.2. The lowest BCUT2D eigenvalue weighted by Gasteiger charge is -2.14. The summed E-state index contributed by atoms with van der Waals surface area (Å²) < 4.78 is 0. The molecule has 0 radical (unpaired) electrons. The molecule has 144 valence electrons. The lowest BCUT2D eigenvalue weighted by Crippen LogP contribution is -2.28. The van der Waals surface area contributed by atoms with E-state index in [0.717, 1.165) is 11.4 Å². The van der Waals surface area contributed by atoms with Crippen LogP contribution in [0.15, 0.2) is 48.8 Å². The van der Waals surface area contributed by atoms with Gasteiger partial charge in [0.05, 0.1) is 23.5 Å². The van der Waals surface area contributed by atoms with Crippen molar-refractivity contribution in [1.82, 2.24) is 20.6 Å². The molecule has 0 saturated heterocycles. The van der Waals surface area contributed by atoms with Crippen molar-refractivity contribution in [2.75, 3.05) is 11.5 Å². The zero-order chi connectivity index (χ0) is 19.5. The Labute approximate surface area is 164 Å². The normalized spacial score (nSPS) is 12.8. The van der Waals surface area contributed by atoms with Crippen LogP contribution in [0.4, 0.5) is 0 Å². The fraction of sp³-hybridized carbons (Fsp3) is 0.400. The summed E-state index contributed by atoms with van der Waals surface area (Å²) in [5.74, 6) is 1.36. The van der Waals surface area contributed by atoms with E-state index in [-0.39, 0.29) is 23.9 Å². The van der Waals surface area contributed by atoms with Crippen LogP contribution in [0.3, 0.4) is 0 Å². The Morgan fingerprint density at radius 2 is 1.30 bits per heavy atom. The zero-order valence-electron chi connectivity index (χ0n) is 15.7.